The molecule has 9 nitrogen and oxygen atoms in total. The van der Waals surface area contributed by atoms with Crippen LogP contribution in [0.25, 0.3) is 11.3 Å². The Labute approximate surface area is 166 Å². The lowest BCUT2D eigenvalue weighted by molar-refractivity contribution is -0.121. The highest BCUT2D eigenvalue weighted by atomic mass is 16.5. The standard InChI is InChI=1S/C20H21N5O4/c1-14-3-9-20(28)25(22-14)13-18(26)21-11-12-24-19(27)10-8-17(23-24)15-4-6-16(29-2)7-5-15/h3-10H,11-13H2,1-2H3,(H,21,26). The summed E-state index contributed by atoms with van der Waals surface area (Å²) in [5, 5.41) is 11.0. The third-order valence-electron chi connectivity index (χ3n) is 4.19. The van der Waals surface area contributed by atoms with Crippen molar-refractivity contribution >= 4 is 5.91 Å². The molecule has 0 radical (unpaired) electrons. The van der Waals surface area contributed by atoms with Gasteiger partial charge in [-0.25, -0.2) is 9.36 Å². The van der Waals surface area contributed by atoms with E-state index in [0.29, 0.717) is 11.4 Å². The number of carbonyl (C=O) groups excluding carboxylic acids is 1. The van der Waals surface area contributed by atoms with Crippen molar-refractivity contribution in [2.45, 2.75) is 20.0 Å². The van der Waals surface area contributed by atoms with Crippen LogP contribution >= 0.6 is 0 Å². The first-order chi connectivity index (χ1) is 14.0. The average molecular weight is 395 g/mol. The van der Waals surface area contributed by atoms with Gasteiger partial charge in [-0.15, -0.1) is 0 Å². The molecule has 0 spiro atoms. The fourth-order valence-corrected chi connectivity index (χ4v) is 2.68. The van der Waals surface area contributed by atoms with Gasteiger partial charge in [0.2, 0.25) is 5.91 Å². The summed E-state index contributed by atoms with van der Waals surface area (Å²) in [7, 11) is 1.59. The first-order valence-electron chi connectivity index (χ1n) is 9.00. The average Bonchev–Trinajstić information content (AvgIpc) is 2.72. The maximum Gasteiger partial charge on any atom is 0.267 e. The lowest BCUT2D eigenvalue weighted by Gasteiger charge is -2.09. The molecule has 0 unspecified atom stereocenters. The summed E-state index contributed by atoms with van der Waals surface area (Å²) < 4.78 is 7.52. The van der Waals surface area contributed by atoms with Gasteiger partial charge in [-0.1, -0.05) is 0 Å². The molecule has 29 heavy (non-hydrogen) atoms. The van der Waals surface area contributed by atoms with E-state index in [1.165, 1.54) is 16.8 Å². The van der Waals surface area contributed by atoms with Gasteiger partial charge < -0.3 is 10.1 Å². The zero-order valence-electron chi connectivity index (χ0n) is 16.2. The van der Waals surface area contributed by atoms with Crippen molar-refractivity contribution in [1.29, 1.82) is 0 Å². The van der Waals surface area contributed by atoms with Crippen LogP contribution in [-0.2, 0) is 17.9 Å². The lowest BCUT2D eigenvalue weighted by atomic mass is 10.1. The molecule has 1 N–H and O–H groups in total. The van der Waals surface area contributed by atoms with Gasteiger partial charge in [0.05, 0.1) is 25.0 Å². The van der Waals surface area contributed by atoms with Crippen molar-refractivity contribution in [2.24, 2.45) is 0 Å². The molecule has 0 fully saturated rings. The second-order valence-electron chi connectivity index (χ2n) is 6.33. The van der Waals surface area contributed by atoms with Crippen LogP contribution in [0.3, 0.4) is 0 Å². The summed E-state index contributed by atoms with van der Waals surface area (Å²) in [4.78, 5) is 35.9. The molecule has 0 aliphatic rings. The first kappa shape index (κ1) is 20.0. The molecule has 0 saturated carbocycles. The molecule has 1 amide bonds. The predicted octanol–water partition coefficient (Wildman–Crippen LogP) is 0.600. The summed E-state index contributed by atoms with van der Waals surface area (Å²) in [6, 6.07) is 13.4. The van der Waals surface area contributed by atoms with Gasteiger partial charge in [0, 0.05) is 24.2 Å². The second kappa shape index (κ2) is 8.96. The summed E-state index contributed by atoms with van der Waals surface area (Å²) >= 11 is 0. The maximum atomic E-state index is 12.1. The molecule has 0 saturated heterocycles. The molecule has 3 rings (SSSR count). The van der Waals surface area contributed by atoms with Gasteiger partial charge >= 0.3 is 0 Å². The molecular weight excluding hydrogens is 374 g/mol. The Kier molecular flexibility index (Phi) is 6.18. The van der Waals surface area contributed by atoms with Crippen LogP contribution in [0.1, 0.15) is 5.69 Å². The van der Waals surface area contributed by atoms with E-state index in [-0.39, 0.29) is 36.7 Å². The number of amides is 1. The molecule has 9 heteroatoms. The maximum absolute atomic E-state index is 12.1. The Morgan fingerprint density at radius 3 is 2.38 bits per heavy atom. The number of aryl methyl sites for hydroxylation is 1. The Balaban J connectivity index is 1.62. The Hall–Kier alpha value is -3.75. The zero-order chi connectivity index (χ0) is 20.8. The van der Waals surface area contributed by atoms with Gasteiger partial charge in [-0.2, -0.15) is 10.2 Å². The highest BCUT2D eigenvalue weighted by Gasteiger charge is 2.07. The third kappa shape index (κ3) is 5.16. The van der Waals surface area contributed by atoms with Crippen molar-refractivity contribution in [3.63, 3.8) is 0 Å². The summed E-state index contributed by atoms with van der Waals surface area (Å²) in [5.74, 6) is 0.358. The van der Waals surface area contributed by atoms with E-state index < -0.39 is 0 Å². The van der Waals surface area contributed by atoms with E-state index in [9.17, 15) is 14.4 Å². The van der Waals surface area contributed by atoms with Gasteiger partial charge in [0.25, 0.3) is 11.1 Å². The van der Waals surface area contributed by atoms with E-state index in [2.05, 4.69) is 15.5 Å². The minimum Gasteiger partial charge on any atom is -0.497 e. The van der Waals surface area contributed by atoms with Crippen LogP contribution in [0.15, 0.2) is 58.1 Å². The van der Waals surface area contributed by atoms with Crippen LogP contribution in [0.4, 0.5) is 0 Å². The summed E-state index contributed by atoms with van der Waals surface area (Å²) in [6.07, 6.45) is 0. The molecule has 2 aromatic heterocycles. The number of ether oxygens (including phenoxy) is 1. The summed E-state index contributed by atoms with van der Waals surface area (Å²) in [5.41, 5.74) is 1.50. The number of methoxy groups -OCH3 is 1. The van der Waals surface area contributed by atoms with Crippen LogP contribution < -0.4 is 21.2 Å². The molecule has 0 bridgehead atoms. The Morgan fingerprint density at radius 1 is 0.966 bits per heavy atom. The number of rotatable bonds is 7. The highest BCUT2D eigenvalue weighted by molar-refractivity contribution is 5.75. The molecule has 2 heterocycles. The number of aromatic nitrogens is 4. The number of nitrogens with one attached hydrogen (secondary N) is 1. The van der Waals surface area contributed by atoms with Crippen LogP contribution in [0.2, 0.25) is 0 Å². The van der Waals surface area contributed by atoms with Gasteiger partial charge in [-0.05, 0) is 43.3 Å². The van der Waals surface area contributed by atoms with E-state index in [1.807, 2.05) is 24.3 Å². The lowest BCUT2D eigenvalue weighted by Crippen LogP contribution is -2.36. The second-order valence-corrected chi connectivity index (χ2v) is 6.33. The van der Waals surface area contributed by atoms with Crippen molar-refractivity contribution in [2.75, 3.05) is 13.7 Å². The number of carbonyl (C=O) groups is 1. The molecule has 0 atom stereocenters. The highest BCUT2D eigenvalue weighted by Crippen LogP contribution is 2.19. The van der Waals surface area contributed by atoms with Crippen molar-refractivity contribution in [1.82, 2.24) is 24.9 Å². The van der Waals surface area contributed by atoms with Crippen LogP contribution in [-0.4, -0.2) is 39.1 Å². The molecular formula is C20H21N5O4. The minimum atomic E-state index is -0.371. The molecule has 0 aliphatic carbocycles. The molecule has 150 valence electrons. The Morgan fingerprint density at radius 2 is 1.66 bits per heavy atom. The van der Waals surface area contributed by atoms with Gasteiger partial charge in [0.1, 0.15) is 12.3 Å². The topological polar surface area (TPSA) is 108 Å². The number of hydrogen-bond donors (Lipinski definition) is 1. The zero-order valence-corrected chi connectivity index (χ0v) is 16.2. The number of benzene rings is 1. The quantitative estimate of drug-likeness (QED) is 0.628. The normalized spacial score (nSPS) is 10.6. The van der Waals surface area contributed by atoms with E-state index in [1.54, 1.807) is 26.2 Å². The largest absolute Gasteiger partial charge is 0.497 e. The SMILES string of the molecule is COc1ccc(-c2ccc(=O)n(CCNC(=O)Cn3nc(C)ccc3=O)n2)cc1. The minimum absolute atomic E-state index is 0.186. The Bertz CT molecular complexity index is 1120. The van der Waals surface area contributed by atoms with Crippen molar-refractivity contribution in [3.8, 4) is 17.0 Å². The van der Waals surface area contributed by atoms with Crippen molar-refractivity contribution in [3.05, 3.63) is 74.9 Å². The van der Waals surface area contributed by atoms with E-state index in [4.69, 9.17) is 4.74 Å². The monoisotopic (exact) mass is 395 g/mol. The third-order valence-corrected chi connectivity index (χ3v) is 4.19. The van der Waals surface area contributed by atoms with Gasteiger partial charge in [0.15, 0.2) is 0 Å². The molecule has 3 aromatic rings. The number of nitrogens with zero attached hydrogens (tertiary/aromatic N) is 4. The predicted molar refractivity (Wildman–Crippen MR) is 107 cm³/mol. The molecule has 1 aromatic carbocycles. The van der Waals surface area contributed by atoms with Crippen molar-refractivity contribution < 1.29 is 9.53 Å². The van der Waals surface area contributed by atoms with Crippen LogP contribution in [0, 0.1) is 6.92 Å². The fourth-order valence-electron chi connectivity index (χ4n) is 2.68. The fraction of sp³-hybridized carbons (Fsp3) is 0.250. The summed E-state index contributed by atoms with van der Waals surface area (Å²) in [6.45, 7) is 1.94. The first-order valence-corrected chi connectivity index (χ1v) is 9.00. The van der Waals surface area contributed by atoms with Crippen LogP contribution in [0.5, 0.6) is 5.75 Å². The van der Waals surface area contributed by atoms with E-state index >= 15 is 0 Å². The number of hydrogen-bond acceptors (Lipinski definition) is 6. The smallest absolute Gasteiger partial charge is 0.267 e. The molecule has 0 aliphatic heterocycles. The van der Waals surface area contributed by atoms with E-state index in [0.717, 1.165) is 16.0 Å². The van der Waals surface area contributed by atoms with Gasteiger partial charge in [-0.3, -0.25) is 14.4 Å².